The van der Waals surface area contributed by atoms with E-state index < -0.39 is 6.10 Å². The molecule has 5 nitrogen and oxygen atoms in total. The highest BCUT2D eigenvalue weighted by Gasteiger charge is 2.30. The Bertz CT molecular complexity index is 480. The molecule has 22 heavy (non-hydrogen) atoms. The molecule has 2 atom stereocenters. The number of rotatable bonds is 4. The molecule has 2 saturated heterocycles. The summed E-state index contributed by atoms with van der Waals surface area (Å²) in [6.07, 6.45) is 1.15. The van der Waals surface area contributed by atoms with Crippen molar-refractivity contribution in [3.63, 3.8) is 0 Å². The van der Waals surface area contributed by atoms with Gasteiger partial charge in [0, 0.05) is 39.3 Å². The van der Waals surface area contributed by atoms with Crippen LogP contribution in [0.15, 0.2) is 30.3 Å². The van der Waals surface area contributed by atoms with Crippen molar-refractivity contribution in [3.05, 3.63) is 35.9 Å². The number of carbonyl (C=O) groups excluding carboxylic acids is 1. The Kier molecular flexibility index (Phi) is 5.08. The van der Waals surface area contributed by atoms with Crippen LogP contribution in [-0.4, -0.2) is 66.2 Å². The van der Waals surface area contributed by atoms with Gasteiger partial charge in [-0.3, -0.25) is 9.69 Å². The van der Waals surface area contributed by atoms with Crippen molar-refractivity contribution in [1.29, 1.82) is 0 Å². The van der Waals surface area contributed by atoms with E-state index in [1.54, 1.807) is 0 Å². The van der Waals surface area contributed by atoms with Crippen molar-refractivity contribution >= 4 is 5.91 Å². The minimum absolute atomic E-state index is 0.140. The molecule has 2 unspecified atom stereocenters. The van der Waals surface area contributed by atoms with Gasteiger partial charge in [-0.05, 0) is 18.4 Å². The first-order chi connectivity index (χ1) is 10.7. The van der Waals surface area contributed by atoms with Gasteiger partial charge < -0.3 is 14.7 Å². The summed E-state index contributed by atoms with van der Waals surface area (Å²) >= 11 is 0. The Morgan fingerprint density at radius 3 is 2.59 bits per heavy atom. The molecular weight excluding hydrogens is 280 g/mol. The lowest BCUT2D eigenvalue weighted by molar-refractivity contribution is -0.142. The summed E-state index contributed by atoms with van der Waals surface area (Å²) in [5.74, 6) is 0.140. The van der Waals surface area contributed by atoms with Gasteiger partial charge >= 0.3 is 0 Å². The van der Waals surface area contributed by atoms with Crippen LogP contribution in [0.5, 0.6) is 0 Å². The molecule has 1 aromatic rings. The number of piperazine rings is 1. The van der Waals surface area contributed by atoms with Gasteiger partial charge in [0.25, 0.3) is 5.91 Å². The van der Waals surface area contributed by atoms with E-state index in [1.807, 2.05) is 35.2 Å². The molecule has 2 fully saturated rings. The molecule has 5 heteroatoms. The number of benzene rings is 1. The minimum Gasteiger partial charge on any atom is -0.387 e. The van der Waals surface area contributed by atoms with Crippen LogP contribution in [0, 0.1) is 0 Å². The lowest BCUT2D eigenvalue weighted by Crippen LogP contribution is -2.52. The first-order valence-corrected chi connectivity index (χ1v) is 8.10. The molecule has 120 valence electrons. The summed E-state index contributed by atoms with van der Waals surface area (Å²) in [5.41, 5.74) is 0.945. The Morgan fingerprint density at radius 1 is 1.23 bits per heavy atom. The molecule has 1 aromatic carbocycles. The van der Waals surface area contributed by atoms with Crippen LogP contribution in [0.3, 0.4) is 0 Å². The molecule has 0 spiro atoms. The molecule has 2 aliphatic rings. The van der Waals surface area contributed by atoms with Crippen LogP contribution in [0.2, 0.25) is 0 Å². The van der Waals surface area contributed by atoms with E-state index >= 15 is 0 Å². The van der Waals surface area contributed by atoms with Gasteiger partial charge in [0.15, 0.2) is 0 Å². The Balaban J connectivity index is 1.46. The second-order valence-corrected chi connectivity index (χ2v) is 6.05. The number of aliphatic hydroxyl groups is 1. The fourth-order valence-corrected chi connectivity index (χ4v) is 3.15. The van der Waals surface area contributed by atoms with Crippen LogP contribution >= 0.6 is 0 Å². The number of β-amino-alcohol motifs (C(OH)–C–C–N with tert-alkyl or cyclic N) is 1. The predicted molar refractivity (Wildman–Crippen MR) is 83.4 cm³/mol. The third kappa shape index (κ3) is 3.66. The zero-order valence-corrected chi connectivity index (χ0v) is 12.9. The number of hydrogen-bond acceptors (Lipinski definition) is 4. The molecule has 0 aromatic heterocycles. The molecule has 0 radical (unpaired) electrons. The zero-order valence-electron chi connectivity index (χ0n) is 12.9. The summed E-state index contributed by atoms with van der Waals surface area (Å²) < 4.78 is 5.47. The van der Waals surface area contributed by atoms with Gasteiger partial charge in [-0.25, -0.2) is 0 Å². The van der Waals surface area contributed by atoms with E-state index in [4.69, 9.17) is 4.74 Å². The molecular formula is C17H24N2O3. The summed E-state index contributed by atoms with van der Waals surface area (Å²) in [5, 5.41) is 10.3. The maximum Gasteiger partial charge on any atom is 0.251 e. The van der Waals surface area contributed by atoms with Crippen LogP contribution in [-0.2, 0) is 9.53 Å². The maximum absolute atomic E-state index is 12.3. The predicted octanol–water partition coefficient (Wildman–Crippen LogP) is 1.04. The topological polar surface area (TPSA) is 53.0 Å². The maximum atomic E-state index is 12.3. The summed E-state index contributed by atoms with van der Waals surface area (Å²) in [6, 6.07) is 9.73. The van der Waals surface area contributed by atoms with Crippen LogP contribution in [0.1, 0.15) is 24.5 Å². The summed E-state index contributed by atoms with van der Waals surface area (Å²) in [7, 11) is 0. The van der Waals surface area contributed by atoms with Crippen molar-refractivity contribution in [2.75, 3.05) is 39.3 Å². The van der Waals surface area contributed by atoms with Gasteiger partial charge in [0.1, 0.15) is 6.10 Å². The first kappa shape index (κ1) is 15.5. The van der Waals surface area contributed by atoms with Crippen molar-refractivity contribution in [1.82, 2.24) is 9.80 Å². The molecule has 3 rings (SSSR count). The highest BCUT2D eigenvalue weighted by molar-refractivity contribution is 5.81. The monoisotopic (exact) mass is 304 g/mol. The Hall–Kier alpha value is -1.43. The van der Waals surface area contributed by atoms with E-state index in [1.165, 1.54) is 0 Å². The van der Waals surface area contributed by atoms with E-state index in [2.05, 4.69) is 4.90 Å². The molecule has 2 aliphatic heterocycles. The largest absolute Gasteiger partial charge is 0.387 e. The minimum atomic E-state index is -0.471. The zero-order chi connectivity index (χ0) is 15.4. The second-order valence-electron chi connectivity index (χ2n) is 6.05. The first-order valence-electron chi connectivity index (χ1n) is 8.10. The van der Waals surface area contributed by atoms with Gasteiger partial charge in [-0.1, -0.05) is 30.3 Å². The van der Waals surface area contributed by atoms with Gasteiger partial charge in [0.05, 0.1) is 6.10 Å². The Morgan fingerprint density at radius 2 is 1.95 bits per heavy atom. The smallest absolute Gasteiger partial charge is 0.251 e. The molecule has 1 N–H and O–H groups in total. The molecule has 0 saturated carbocycles. The molecule has 0 aliphatic carbocycles. The van der Waals surface area contributed by atoms with Gasteiger partial charge in [0.2, 0.25) is 0 Å². The lowest BCUT2D eigenvalue weighted by atomic mass is 10.1. The average molecular weight is 304 g/mol. The fourth-order valence-electron chi connectivity index (χ4n) is 3.15. The fraction of sp³-hybridized carbons (Fsp3) is 0.588. The van der Waals surface area contributed by atoms with Crippen molar-refractivity contribution in [2.24, 2.45) is 0 Å². The summed E-state index contributed by atoms with van der Waals surface area (Å²) in [6.45, 7) is 4.39. The van der Waals surface area contributed by atoms with Crippen molar-refractivity contribution < 1.29 is 14.6 Å². The van der Waals surface area contributed by atoms with Gasteiger partial charge in [-0.2, -0.15) is 0 Å². The third-order valence-electron chi connectivity index (χ3n) is 4.50. The SMILES string of the molecule is O=C(C1CCCO1)N1CCN(CC(O)c2ccccc2)CC1. The quantitative estimate of drug-likeness (QED) is 0.903. The highest BCUT2D eigenvalue weighted by Crippen LogP contribution is 2.18. The van der Waals surface area contributed by atoms with Crippen LogP contribution < -0.4 is 0 Å². The van der Waals surface area contributed by atoms with Crippen LogP contribution in [0.25, 0.3) is 0 Å². The van der Waals surface area contributed by atoms with E-state index in [0.29, 0.717) is 13.2 Å². The van der Waals surface area contributed by atoms with E-state index in [0.717, 1.165) is 44.6 Å². The standard InChI is InChI=1S/C17H24N2O3/c20-15(14-5-2-1-3-6-14)13-18-8-10-19(11-9-18)17(21)16-7-4-12-22-16/h1-3,5-6,15-16,20H,4,7-13H2. The number of amides is 1. The van der Waals surface area contributed by atoms with Crippen molar-refractivity contribution in [3.8, 4) is 0 Å². The molecule has 0 bridgehead atoms. The third-order valence-corrected chi connectivity index (χ3v) is 4.50. The summed E-state index contributed by atoms with van der Waals surface area (Å²) in [4.78, 5) is 16.4. The average Bonchev–Trinajstić information content (AvgIpc) is 3.10. The second kappa shape index (κ2) is 7.22. The van der Waals surface area contributed by atoms with Crippen molar-refractivity contribution in [2.45, 2.75) is 25.0 Å². The number of hydrogen-bond donors (Lipinski definition) is 1. The van der Waals surface area contributed by atoms with Gasteiger partial charge in [-0.15, -0.1) is 0 Å². The van der Waals surface area contributed by atoms with E-state index in [-0.39, 0.29) is 12.0 Å². The molecule has 1 amide bonds. The van der Waals surface area contributed by atoms with Crippen LogP contribution in [0.4, 0.5) is 0 Å². The number of ether oxygens (including phenoxy) is 1. The van der Waals surface area contributed by atoms with E-state index in [9.17, 15) is 9.90 Å². The normalized spacial score (nSPS) is 24.4. The highest BCUT2D eigenvalue weighted by atomic mass is 16.5. The number of aliphatic hydroxyl groups excluding tert-OH is 1. The lowest BCUT2D eigenvalue weighted by Gasteiger charge is -2.36. The number of carbonyl (C=O) groups is 1. The number of nitrogens with zero attached hydrogens (tertiary/aromatic N) is 2. The molecule has 2 heterocycles. The Labute approximate surface area is 131 Å².